The summed E-state index contributed by atoms with van der Waals surface area (Å²) in [5.74, 6) is 0. The van der Waals surface area contributed by atoms with Crippen LogP contribution in [-0.4, -0.2) is 23.2 Å². The third-order valence-corrected chi connectivity index (χ3v) is 5.87. The normalized spacial score (nSPS) is 12.1. The maximum absolute atomic E-state index is 12.8. The summed E-state index contributed by atoms with van der Waals surface area (Å²) < 4.78 is 26.9. The summed E-state index contributed by atoms with van der Waals surface area (Å²) in [6.45, 7) is 1.82. The van der Waals surface area contributed by atoms with E-state index in [0.717, 1.165) is 11.8 Å². The summed E-state index contributed by atoms with van der Waals surface area (Å²) in [4.78, 5) is 2.31. The number of H-pyrrole nitrogens is 1. The van der Waals surface area contributed by atoms with E-state index < -0.39 is 14.7 Å². The van der Waals surface area contributed by atoms with E-state index >= 15 is 0 Å². The molecule has 1 heterocycles. The molecule has 0 aliphatic rings. The van der Waals surface area contributed by atoms with Gasteiger partial charge in [-0.2, -0.15) is 5.26 Å². The standard InChI is InChI=1S/C17H13N4O4S2/c1-11-2-5-13(6-3-11)27(24,25)14(9-18)10-20-16-8-12(21(22)23)4-7-15(16)19-17(20)26/h2-8,10,22H,1H3,(H,19,26)/q-1/b14-10-. The third kappa shape index (κ3) is 3.49. The molecule has 138 valence electrons. The lowest BCUT2D eigenvalue weighted by atomic mass is 10.2. The predicted molar refractivity (Wildman–Crippen MR) is 103 cm³/mol. The molecule has 0 atom stereocenters. The Morgan fingerprint density at radius 2 is 2.00 bits per heavy atom. The fourth-order valence-electron chi connectivity index (χ4n) is 2.48. The second kappa shape index (κ2) is 6.98. The third-order valence-electron chi connectivity index (χ3n) is 3.90. The van der Waals surface area contributed by atoms with Crippen LogP contribution in [0.3, 0.4) is 0 Å². The van der Waals surface area contributed by atoms with Crippen LogP contribution in [0.2, 0.25) is 0 Å². The Hall–Kier alpha value is -2.97. The molecule has 0 fully saturated rings. The number of sulfone groups is 1. The molecule has 0 aliphatic carbocycles. The molecule has 2 aromatic carbocycles. The smallest absolute Gasteiger partial charge is 0.218 e. The Balaban J connectivity index is 2.20. The fraction of sp³-hybridized carbons (Fsp3) is 0.0588. The van der Waals surface area contributed by atoms with Gasteiger partial charge in [0.2, 0.25) is 9.84 Å². The number of aromatic amines is 1. The number of hydrogen-bond acceptors (Lipinski definition) is 7. The number of aromatic nitrogens is 2. The molecule has 0 aliphatic heterocycles. The molecule has 0 saturated heterocycles. The van der Waals surface area contributed by atoms with E-state index in [2.05, 4.69) is 4.98 Å². The lowest BCUT2D eigenvalue weighted by molar-refractivity contribution is 0.296. The molecule has 3 rings (SSSR count). The van der Waals surface area contributed by atoms with E-state index in [1.54, 1.807) is 18.2 Å². The van der Waals surface area contributed by atoms with E-state index in [1.165, 1.54) is 34.9 Å². The topological polar surface area (TPSA) is 125 Å². The van der Waals surface area contributed by atoms with Crippen LogP contribution in [0.15, 0.2) is 52.3 Å². The first-order valence-corrected chi connectivity index (χ1v) is 9.47. The van der Waals surface area contributed by atoms with E-state index in [4.69, 9.17) is 17.4 Å². The van der Waals surface area contributed by atoms with Crippen LogP contribution in [0.1, 0.15) is 5.56 Å². The average molecular weight is 401 g/mol. The summed E-state index contributed by atoms with van der Waals surface area (Å²) in [7, 11) is -4.06. The molecule has 0 saturated carbocycles. The summed E-state index contributed by atoms with van der Waals surface area (Å²) in [5.41, 5.74) is 1.65. The highest BCUT2D eigenvalue weighted by Crippen LogP contribution is 2.24. The van der Waals surface area contributed by atoms with Gasteiger partial charge in [0.25, 0.3) is 0 Å². The van der Waals surface area contributed by atoms with Gasteiger partial charge < -0.3 is 15.4 Å². The molecule has 1 aromatic heterocycles. The number of benzene rings is 2. The quantitative estimate of drug-likeness (QED) is 0.389. The average Bonchev–Trinajstić information content (AvgIpc) is 2.94. The number of nitriles is 1. The van der Waals surface area contributed by atoms with Gasteiger partial charge in [-0.25, -0.2) is 8.42 Å². The van der Waals surface area contributed by atoms with Gasteiger partial charge >= 0.3 is 0 Å². The number of rotatable bonds is 4. The minimum absolute atomic E-state index is 0.0194. The van der Waals surface area contributed by atoms with Gasteiger partial charge in [-0.15, -0.1) is 0 Å². The Bertz CT molecular complexity index is 1250. The number of fused-ring (bicyclic) bond motifs is 1. The molecule has 27 heavy (non-hydrogen) atoms. The van der Waals surface area contributed by atoms with Gasteiger partial charge in [-0.05, 0) is 49.5 Å². The lowest BCUT2D eigenvalue weighted by Crippen LogP contribution is -2.07. The number of nitrogens with zero attached hydrogens (tertiary/aromatic N) is 3. The van der Waals surface area contributed by atoms with Crippen molar-refractivity contribution in [2.75, 3.05) is 5.23 Å². The number of nitrogens with one attached hydrogen (secondary N) is 1. The number of hydrogen-bond donors (Lipinski definition) is 2. The molecular weight excluding hydrogens is 388 g/mol. The summed E-state index contributed by atoms with van der Waals surface area (Å²) in [6, 6.07) is 12.0. The van der Waals surface area contributed by atoms with Crippen LogP contribution in [0, 0.1) is 28.2 Å². The minimum Gasteiger partial charge on any atom is -0.733 e. The molecule has 10 heteroatoms. The predicted octanol–water partition coefficient (Wildman–Crippen LogP) is 3.50. The lowest BCUT2D eigenvalue weighted by Gasteiger charge is -2.21. The minimum atomic E-state index is -4.06. The highest BCUT2D eigenvalue weighted by molar-refractivity contribution is 7.95. The summed E-state index contributed by atoms with van der Waals surface area (Å²) in [6.07, 6.45) is 1.09. The fourth-order valence-corrected chi connectivity index (χ4v) is 3.85. The SMILES string of the molecule is Cc1ccc(S(=O)(=O)/C(C#N)=C\n2c(=S)[nH]c3ccc(N([O-])O)cc32)cc1. The van der Waals surface area contributed by atoms with Crippen molar-refractivity contribution >= 4 is 45.0 Å². The second-order valence-corrected chi connectivity index (χ2v) is 8.00. The van der Waals surface area contributed by atoms with Crippen molar-refractivity contribution in [1.82, 2.24) is 9.55 Å². The van der Waals surface area contributed by atoms with E-state index in [-0.39, 0.29) is 20.6 Å². The van der Waals surface area contributed by atoms with Gasteiger partial charge in [0.1, 0.15) is 6.07 Å². The van der Waals surface area contributed by atoms with Crippen molar-refractivity contribution in [2.45, 2.75) is 11.8 Å². The van der Waals surface area contributed by atoms with Gasteiger partial charge in [0.05, 0.1) is 21.6 Å². The van der Waals surface area contributed by atoms with Crippen LogP contribution < -0.4 is 5.23 Å². The van der Waals surface area contributed by atoms with Crippen LogP contribution in [-0.2, 0) is 9.84 Å². The van der Waals surface area contributed by atoms with E-state index in [0.29, 0.717) is 11.0 Å². The highest BCUT2D eigenvalue weighted by Gasteiger charge is 2.21. The number of aryl methyl sites for hydroxylation is 1. The van der Waals surface area contributed by atoms with Crippen LogP contribution in [0.25, 0.3) is 17.2 Å². The van der Waals surface area contributed by atoms with Gasteiger partial charge in [-0.1, -0.05) is 17.7 Å². The molecular formula is C17H13N4O4S2-. The Labute approximate surface area is 159 Å². The Morgan fingerprint density at radius 3 is 2.59 bits per heavy atom. The van der Waals surface area contributed by atoms with Gasteiger partial charge in [0, 0.05) is 6.20 Å². The number of allylic oxidation sites excluding steroid dienone is 1. The molecule has 8 nitrogen and oxygen atoms in total. The summed E-state index contributed by atoms with van der Waals surface area (Å²) in [5, 5.41) is 29.3. The largest absolute Gasteiger partial charge is 0.733 e. The van der Waals surface area contributed by atoms with Crippen LogP contribution in [0.4, 0.5) is 5.69 Å². The molecule has 0 amide bonds. The Kier molecular flexibility index (Phi) is 4.86. The summed E-state index contributed by atoms with van der Waals surface area (Å²) >= 11 is 5.19. The highest BCUT2D eigenvalue weighted by atomic mass is 32.2. The Morgan fingerprint density at radius 1 is 1.33 bits per heavy atom. The van der Waals surface area contributed by atoms with Gasteiger partial charge in [0.15, 0.2) is 9.68 Å². The maximum Gasteiger partial charge on any atom is 0.218 e. The van der Waals surface area contributed by atoms with Crippen LogP contribution >= 0.6 is 12.2 Å². The molecule has 0 unspecified atom stereocenters. The first kappa shape index (κ1) is 18.8. The van der Waals surface area contributed by atoms with Crippen molar-refractivity contribution in [1.29, 1.82) is 5.26 Å². The maximum atomic E-state index is 12.8. The monoisotopic (exact) mass is 401 g/mol. The first-order valence-electron chi connectivity index (χ1n) is 7.58. The molecule has 0 spiro atoms. The second-order valence-electron chi connectivity index (χ2n) is 5.70. The zero-order valence-corrected chi connectivity index (χ0v) is 15.6. The van der Waals surface area contributed by atoms with Crippen molar-refractivity contribution in [2.24, 2.45) is 0 Å². The van der Waals surface area contributed by atoms with Crippen molar-refractivity contribution in [3.63, 3.8) is 0 Å². The van der Waals surface area contributed by atoms with Crippen LogP contribution in [0.5, 0.6) is 0 Å². The van der Waals surface area contributed by atoms with E-state index in [1.807, 2.05) is 6.92 Å². The zero-order chi connectivity index (χ0) is 19.8. The molecule has 0 radical (unpaired) electrons. The molecule has 0 bridgehead atoms. The van der Waals surface area contributed by atoms with Gasteiger partial charge in [-0.3, -0.25) is 9.77 Å². The molecule has 2 N–H and O–H groups in total. The van der Waals surface area contributed by atoms with Crippen molar-refractivity contribution in [3.8, 4) is 6.07 Å². The number of imidazole rings is 1. The van der Waals surface area contributed by atoms with E-state index in [9.17, 15) is 18.9 Å². The zero-order valence-electron chi connectivity index (χ0n) is 13.9. The van der Waals surface area contributed by atoms with Crippen molar-refractivity contribution < 1.29 is 13.6 Å². The first-order chi connectivity index (χ1) is 12.7. The number of anilines is 1. The molecule has 3 aromatic rings. The van der Waals surface area contributed by atoms with Crippen molar-refractivity contribution in [3.05, 3.63) is 62.9 Å².